The molecule has 1 N–H and O–H groups in total. The summed E-state index contributed by atoms with van der Waals surface area (Å²) in [6.45, 7) is 4.81. The van der Waals surface area contributed by atoms with Crippen LogP contribution in [0.2, 0.25) is 0 Å². The van der Waals surface area contributed by atoms with E-state index >= 15 is 0 Å². The van der Waals surface area contributed by atoms with Crippen molar-refractivity contribution in [2.75, 3.05) is 18.4 Å². The number of rotatable bonds is 7. The second kappa shape index (κ2) is 5.99. The second-order valence-corrected chi connectivity index (χ2v) is 5.39. The van der Waals surface area contributed by atoms with E-state index in [0.717, 1.165) is 24.8 Å². The fourth-order valence-electron chi connectivity index (χ4n) is 1.84. The molecule has 0 bridgehead atoms. The molecule has 1 aromatic heterocycles. The van der Waals surface area contributed by atoms with Crippen LogP contribution in [-0.2, 0) is 6.54 Å². The molecule has 1 aliphatic rings. The first-order chi connectivity index (χ1) is 8.33. The van der Waals surface area contributed by atoms with Crippen molar-refractivity contribution in [3.8, 4) is 6.07 Å². The molecule has 1 aliphatic carbocycles. The highest BCUT2D eigenvalue weighted by molar-refractivity contribution is 7.15. The number of hydrogen-bond donors (Lipinski definition) is 1. The largest absolute Gasteiger partial charge is 0.362 e. The van der Waals surface area contributed by atoms with Crippen LogP contribution in [-0.4, -0.2) is 29.0 Å². The van der Waals surface area contributed by atoms with Crippen LogP contribution in [0.4, 0.5) is 5.13 Å². The van der Waals surface area contributed by atoms with Gasteiger partial charge in [0.05, 0.1) is 6.07 Å². The molecular weight excluding hydrogens is 232 g/mol. The van der Waals surface area contributed by atoms with E-state index in [1.165, 1.54) is 17.7 Å². The lowest BCUT2D eigenvalue weighted by Crippen LogP contribution is -2.26. The Kier molecular flexibility index (Phi) is 4.35. The topological polar surface area (TPSA) is 52.0 Å². The van der Waals surface area contributed by atoms with Gasteiger partial charge in [0, 0.05) is 43.2 Å². The van der Waals surface area contributed by atoms with Crippen LogP contribution in [0.25, 0.3) is 0 Å². The van der Waals surface area contributed by atoms with E-state index in [1.54, 1.807) is 11.3 Å². The van der Waals surface area contributed by atoms with E-state index < -0.39 is 0 Å². The van der Waals surface area contributed by atoms with Gasteiger partial charge in [-0.25, -0.2) is 4.98 Å². The first kappa shape index (κ1) is 12.3. The molecule has 0 aliphatic heterocycles. The molecule has 1 aromatic rings. The highest BCUT2D eigenvalue weighted by Crippen LogP contribution is 2.30. The Labute approximate surface area is 106 Å². The minimum Gasteiger partial charge on any atom is -0.362 e. The first-order valence-corrected chi connectivity index (χ1v) is 6.94. The monoisotopic (exact) mass is 250 g/mol. The van der Waals surface area contributed by atoms with Crippen LogP contribution in [0.5, 0.6) is 0 Å². The van der Waals surface area contributed by atoms with Gasteiger partial charge in [-0.3, -0.25) is 4.90 Å². The zero-order valence-corrected chi connectivity index (χ0v) is 11.0. The van der Waals surface area contributed by atoms with E-state index in [2.05, 4.69) is 28.2 Å². The molecule has 2 rings (SSSR count). The fraction of sp³-hybridized carbons (Fsp3) is 0.667. The zero-order valence-electron chi connectivity index (χ0n) is 10.1. The van der Waals surface area contributed by atoms with Crippen molar-refractivity contribution in [3.05, 3.63) is 11.1 Å². The smallest absolute Gasteiger partial charge is 0.182 e. The van der Waals surface area contributed by atoms with Crippen LogP contribution >= 0.6 is 11.3 Å². The van der Waals surface area contributed by atoms with Crippen molar-refractivity contribution in [2.45, 2.75) is 38.8 Å². The summed E-state index contributed by atoms with van der Waals surface area (Å²) in [5, 5.41) is 12.9. The van der Waals surface area contributed by atoms with Gasteiger partial charge in [-0.2, -0.15) is 5.26 Å². The fourth-order valence-corrected chi connectivity index (χ4v) is 2.74. The molecule has 0 aromatic carbocycles. The summed E-state index contributed by atoms with van der Waals surface area (Å²) >= 11 is 1.72. The Balaban J connectivity index is 1.89. The Morgan fingerprint density at radius 2 is 2.47 bits per heavy atom. The minimum atomic E-state index is 0.620. The van der Waals surface area contributed by atoms with Gasteiger partial charge in [0.25, 0.3) is 0 Å². The predicted octanol–water partition coefficient (Wildman–Crippen LogP) is 2.45. The third-order valence-electron chi connectivity index (χ3n) is 2.81. The van der Waals surface area contributed by atoms with Crippen LogP contribution in [0.15, 0.2) is 6.20 Å². The van der Waals surface area contributed by atoms with Gasteiger partial charge >= 0.3 is 0 Å². The summed E-state index contributed by atoms with van der Waals surface area (Å²) in [6.07, 6.45) is 5.13. The average Bonchev–Trinajstić information content (AvgIpc) is 3.08. The standard InChI is InChI=1S/C12H18N4S/c1-2-14-12-15-8-11(17-12)9-16(7-3-6-13)10-4-5-10/h8,10H,2-5,7,9H2,1H3,(H,14,15). The van der Waals surface area contributed by atoms with Gasteiger partial charge in [-0.05, 0) is 19.8 Å². The summed E-state index contributed by atoms with van der Waals surface area (Å²) in [5.41, 5.74) is 0. The quantitative estimate of drug-likeness (QED) is 0.807. The molecule has 5 heteroatoms. The van der Waals surface area contributed by atoms with Crippen molar-refractivity contribution in [2.24, 2.45) is 0 Å². The van der Waals surface area contributed by atoms with Gasteiger partial charge in [0.2, 0.25) is 0 Å². The molecule has 0 saturated heterocycles. The number of hydrogen-bond acceptors (Lipinski definition) is 5. The summed E-state index contributed by atoms with van der Waals surface area (Å²) in [4.78, 5) is 8.03. The van der Waals surface area contributed by atoms with Crippen LogP contribution in [0.1, 0.15) is 31.1 Å². The summed E-state index contributed by atoms with van der Waals surface area (Å²) in [5.74, 6) is 0. The maximum Gasteiger partial charge on any atom is 0.182 e. The second-order valence-electron chi connectivity index (χ2n) is 4.27. The van der Waals surface area contributed by atoms with Crippen molar-refractivity contribution in [1.29, 1.82) is 5.26 Å². The SMILES string of the molecule is CCNc1ncc(CN(CCC#N)C2CC2)s1. The minimum absolute atomic E-state index is 0.620. The molecule has 0 unspecified atom stereocenters. The Morgan fingerprint density at radius 3 is 3.12 bits per heavy atom. The lowest BCUT2D eigenvalue weighted by atomic mass is 10.3. The molecule has 17 heavy (non-hydrogen) atoms. The van der Waals surface area contributed by atoms with E-state index in [1.807, 2.05) is 6.20 Å². The molecule has 92 valence electrons. The molecular formula is C12H18N4S. The molecule has 1 heterocycles. The van der Waals surface area contributed by atoms with Crippen molar-refractivity contribution in [1.82, 2.24) is 9.88 Å². The zero-order chi connectivity index (χ0) is 12.1. The van der Waals surface area contributed by atoms with Gasteiger partial charge in [0.1, 0.15) is 0 Å². The van der Waals surface area contributed by atoms with Gasteiger partial charge in [0.15, 0.2) is 5.13 Å². The predicted molar refractivity (Wildman–Crippen MR) is 69.9 cm³/mol. The number of nitriles is 1. The summed E-state index contributed by atoms with van der Waals surface area (Å²) in [7, 11) is 0. The first-order valence-electron chi connectivity index (χ1n) is 6.13. The van der Waals surface area contributed by atoms with Gasteiger partial charge < -0.3 is 5.32 Å². The van der Waals surface area contributed by atoms with E-state index in [9.17, 15) is 0 Å². The van der Waals surface area contributed by atoms with Gasteiger partial charge in [-0.15, -0.1) is 11.3 Å². The molecule has 0 radical (unpaired) electrons. The Hall–Kier alpha value is -1.12. The lowest BCUT2D eigenvalue weighted by Gasteiger charge is -2.19. The van der Waals surface area contributed by atoms with Crippen molar-refractivity contribution in [3.63, 3.8) is 0 Å². The van der Waals surface area contributed by atoms with Crippen molar-refractivity contribution < 1.29 is 0 Å². The maximum absolute atomic E-state index is 8.66. The van der Waals surface area contributed by atoms with Gasteiger partial charge in [-0.1, -0.05) is 0 Å². The van der Waals surface area contributed by atoms with Crippen LogP contribution < -0.4 is 5.32 Å². The molecule has 4 nitrogen and oxygen atoms in total. The molecule has 1 fully saturated rings. The number of thiazole rings is 1. The number of nitrogens with one attached hydrogen (secondary N) is 1. The normalized spacial score (nSPS) is 14.9. The maximum atomic E-state index is 8.66. The molecule has 0 atom stereocenters. The van der Waals surface area contributed by atoms with Crippen LogP contribution in [0, 0.1) is 11.3 Å². The Morgan fingerprint density at radius 1 is 1.65 bits per heavy atom. The number of nitrogens with zero attached hydrogens (tertiary/aromatic N) is 3. The summed E-state index contributed by atoms with van der Waals surface area (Å²) < 4.78 is 0. The average molecular weight is 250 g/mol. The third kappa shape index (κ3) is 3.69. The lowest BCUT2D eigenvalue weighted by molar-refractivity contribution is 0.263. The van der Waals surface area contributed by atoms with Crippen LogP contribution in [0.3, 0.4) is 0 Å². The number of anilines is 1. The third-order valence-corrected chi connectivity index (χ3v) is 3.75. The van der Waals surface area contributed by atoms with E-state index in [4.69, 9.17) is 5.26 Å². The van der Waals surface area contributed by atoms with E-state index in [0.29, 0.717) is 12.5 Å². The number of aromatic nitrogens is 1. The molecule has 0 amide bonds. The summed E-state index contributed by atoms with van der Waals surface area (Å²) in [6, 6.07) is 2.93. The van der Waals surface area contributed by atoms with E-state index in [-0.39, 0.29) is 0 Å². The molecule has 0 spiro atoms. The highest BCUT2D eigenvalue weighted by Gasteiger charge is 2.28. The van der Waals surface area contributed by atoms with Crippen molar-refractivity contribution >= 4 is 16.5 Å². The Bertz CT molecular complexity index is 391. The molecule has 1 saturated carbocycles. The highest BCUT2D eigenvalue weighted by atomic mass is 32.1.